The van der Waals surface area contributed by atoms with Gasteiger partial charge in [0.2, 0.25) is 0 Å². The Bertz CT molecular complexity index is 1020. The van der Waals surface area contributed by atoms with Gasteiger partial charge in [0.1, 0.15) is 6.10 Å². The highest BCUT2D eigenvalue weighted by Gasteiger charge is 2.13. The Kier molecular flexibility index (Phi) is 47.6. The maximum absolute atomic E-state index is 12.2. The lowest BCUT2D eigenvalue weighted by Gasteiger charge is -2.15. The van der Waals surface area contributed by atoms with Crippen molar-refractivity contribution < 1.29 is 19.4 Å². The summed E-state index contributed by atoms with van der Waals surface area (Å²) < 4.78 is 11.2. The number of aliphatic hydroxyl groups is 1. The summed E-state index contributed by atoms with van der Waals surface area (Å²) in [5.41, 5.74) is 0. The molecule has 1 unspecified atom stereocenters. The summed E-state index contributed by atoms with van der Waals surface area (Å²) >= 11 is 0. The first-order valence-electron chi connectivity index (χ1n) is 24.2. The Morgan fingerprint density at radius 3 is 1.12 bits per heavy atom. The number of esters is 1. The van der Waals surface area contributed by atoms with E-state index in [2.05, 4.69) is 98.9 Å². The molecule has 0 saturated heterocycles. The van der Waals surface area contributed by atoms with E-state index < -0.39 is 6.10 Å². The molecule has 0 rings (SSSR count). The van der Waals surface area contributed by atoms with Crippen molar-refractivity contribution in [2.24, 2.45) is 0 Å². The molecule has 1 atom stereocenters. The Hall–Kier alpha value is -2.43. The highest BCUT2D eigenvalue weighted by molar-refractivity contribution is 5.69. The van der Waals surface area contributed by atoms with Crippen LogP contribution >= 0.6 is 0 Å². The lowest BCUT2D eigenvalue weighted by Crippen LogP contribution is -2.27. The van der Waals surface area contributed by atoms with Crippen LogP contribution in [0.5, 0.6) is 0 Å². The maximum Gasteiger partial charge on any atom is 0.306 e. The van der Waals surface area contributed by atoms with Crippen LogP contribution in [0.2, 0.25) is 0 Å². The van der Waals surface area contributed by atoms with Crippen LogP contribution < -0.4 is 0 Å². The van der Waals surface area contributed by atoms with Crippen molar-refractivity contribution in [1.29, 1.82) is 0 Å². The first-order chi connectivity index (χ1) is 28.2. The number of ether oxygens (including phenoxy) is 2. The van der Waals surface area contributed by atoms with Crippen molar-refractivity contribution in [2.45, 2.75) is 225 Å². The third-order valence-corrected chi connectivity index (χ3v) is 10.2. The SMILES string of the molecule is CC/C=C\C/C=C\C/C=C\C/C=C\C/C=C\C/C=C\C/C=C\CCCC(=O)OC(CO)COCCCCCCCCCCCCCCCCCCCCCCCC. The summed E-state index contributed by atoms with van der Waals surface area (Å²) in [6.45, 7) is 5.19. The number of unbranched alkanes of at least 4 members (excludes halogenated alkanes) is 22. The summed E-state index contributed by atoms with van der Waals surface area (Å²) in [5, 5.41) is 9.63. The zero-order valence-corrected chi connectivity index (χ0v) is 37.6. The van der Waals surface area contributed by atoms with E-state index in [0.29, 0.717) is 13.0 Å². The van der Waals surface area contributed by atoms with Gasteiger partial charge in [0.05, 0.1) is 13.2 Å². The molecule has 0 aliphatic heterocycles. The first-order valence-corrected chi connectivity index (χ1v) is 24.2. The van der Waals surface area contributed by atoms with Crippen LogP contribution in [-0.2, 0) is 14.3 Å². The van der Waals surface area contributed by atoms with E-state index in [1.807, 2.05) is 0 Å². The molecule has 0 spiro atoms. The van der Waals surface area contributed by atoms with Gasteiger partial charge in [-0.3, -0.25) is 4.79 Å². The summed E-state index contributed by atoms with van der Waals surface area (Å²) in [4.78, 5) is 12.2. The van der Waals surface area contributed by atoms with Crippen molar-refractivity contribution in [3.63, 3.8) is 0 Å². The van der Waals surface area contributed by atoms with Crippen LogP contribution in [0, 0.1) is 0 Å². The second-order valence-electron chi connectivity index (χ2n) is 15.8. The highest BCUT2D eigenvalue weighted by atomic mass is 16.6. The van der Waals surface area contributed by atoms with E-state index in [1.165, 1.54) is 135 Å². The number of hydrogen-bond donors (Lipinski definition) is 1. The van der Waals surface area contributed by atoms with Gasteiger partial charge in [-0.05, 0) is 64.2 Å². The molecule has 0 aromatic heterocycles. The third-order valence-electron chi connectivity index (χ3n) is 10.2. The minimum Gasteiger partial charge on any atom is -0.457 e. The smallest absolute Gasteiger partial charge is 0.306 e. The average molecular weight is 793 g/mol. The molecular weight excluding hydrogens is 701 g/mol. The molecule has 0 aliphatic carbocycles. The molecule has 0 bridgehead atoms. The Labute approximate surface area is 354 Å². The van der Waals surface area contributed by atoms with Gasteiger partial charge >= 0.3 is 5.97 Å². The largest absolute Gasteiger partial charge is 0.457 e. The molecular formula is C53H92O4. The minimum atomic E-state index is -0.569. The normalized spacial score (nSPS) is 13.1. The fourth-order valence-corrected chi connectivity index (χ4v) is 6.67. The van der Waals surface area contributed by atoms with Crippen LogP contribution in [0.1, 0.15) is 219 Å². The molecule has 0 saturated carbocycles. The third kappa shape index (κ3) is 47.8. The molecule has 0 aliphatic rings. The van der Waals surface area contributed by atoms with Crippen LogP contribution in [-0.4, -0.2) is 37.0 Å². The summed E-state index contributed by atoms with van der Waals surface area (Å²) in [5.74, 6) is -0.257. The molecule has 4 nitrogen and oxygen atoms in total. The molecule has 4 heteroatoms. The van der Waals surface area contributed by atoms with Gasteiger partial charge in [0.25, 0.3) is 0 Å². The van der Waals surface area contributed by atoms with E-state index in [9.17, 15) is 9.90 Å². The molecule has 0 aromatic carbocycles. The van der Waals surface area contributed by atoms with Crippen molar-refractivity contribution in [3.05, 3.63) is 85.1 Å². The molecule has 0 fully saturated rings. The summed E-state index contributed by atoms with van der Waals surface area (Å²) in [6.07, 6.45) is 69.6. The van der Waals surface area contributed by atoms with Crippen LogP contribution in [0.15, 0.2) is 85.1 Å². The number of carbonyl (C=O) groups is 1. The molecule has 0 aromatic rings. The lowest BCUT2D eigenvalue weighted by atomic mass is 10.0. The Balaban J connectivity index is 3.53. The molecule has 0 radical (unpaired) electrons. The Morgan fingerprint density at radius 1 is 0.439 bits per heavy atom. The van der Waals surface area contributed by atoms with Crippen molar-refractivity contribution in [3.8, 4) is 0 Å². The van der Waals surface area contributed by atoms with E-state index >= 15 is 0 Å². The number of rotatable bonds is 44. The lowest BCUT2D eigenvalue weighted by molar-refractivity contribution is -0.154. The van der Waals surface area contributed by atoms with Crippen molar-refractivity contribution in [1.82, 2.24) is 0 Å². The number of carbonyl (C=O) groups excluding carboxylic acids is 1. The standard InChI is InChI=1S/C53H92O4/c1-3-5-7-9-11-13-15-17-19-21-23-25-27-28-30-32-34-36-38-40-42-44-46-48-53(55)57-52(50-54)51-56-49-47-45-43-41-39-37-35-33-31-29-26-24-22-20-18-16-14-12-10-8-6-4-2/h5,7,11,13,17,19,23,25,28,30,34,36,40,42,52,54H,3-4,6,8-10,12,14-16,18,20-22,24,26-27,29,31-33,35,37-39,41,43-51H2,1-2H3/b7-5-,13-11-,19-17-,25-23-,30-28-,36-34-,42-40-. The van der Waals surface area contributed by atoms with E-state index in [-0.39, 0.29) is 19.2 Å². The minimum absolute atomic E-state index is 0.197. The van der Waals surface area contributed by atoms with Gasteiger partial charge in [-0.25, -0.2) is 0 Å². The zero-order chi connectivity index (χ0) is 41.2. The van der Waals surface area contributed by atoms with Gasteiger partial charge in [-0.1, -0.05) is 234 Å². The van der Waals surface area contributed by atoms with E-state index in [4.69, 9.17) is 9.47 Å². The van der Waals surface area contributed by atoms with Gasteiger partial charge < -0.3 is 14.6 Å². The van der Waals surface area contributed by atoms with Crippen molar-refractivity contribution in [2.75, 3.05) is 19.8 Å². The zero-order valence-electron chi connectivity index (χ0n) is 37.6. The second-order valence-corrected chi connectivity index (χ2v) is 15.8. The topological polar surface area (TPSA) is 55.8 Å². The van der Waals surface area contributed by atoms with E-state index in [0.717, 1.165) is 64.2 Å². The molecule has 0 heterocycles. The second kappa shape index (κ2) is 49.7. The monoisotopic (exact) mass is 793 g/mol. The number of aliphatic hydroxyl groups excluding tert-OH is 1. The molecule has 328 valence electrons. The maximum atomic E-state index is 12.2. The number of hydrogen-bond acceptors (Lipinski definition) is 4. The van der Waals surface area contributed by atoms with Crippen molar-refractivity contribution >= 4 is 5.97 Å². The predicted molar refractivity (Wildman–Crippen MR) is 251 cm³/mol. The Morgan fingerprint density at radius 2 is 0.772 bits per heavy atom. The first kappa shape index (κ1) is 54.6. The van der Waals surface area contributed by atoms with Gasteiger partial charge in [0, 0.05) is 13.0 Å². The molecule has 57 heavy (non-hydrogen) atoms. The van der Waals surface area contributed by atoms with Crippen LogP contribution in [0.4, 0.5) is 0 Å². The summed E-state index contributed by atoms with van der Waals surface area (Å²) in [7, 11) is 0. The quantitative estimate of drug-likeness (QED) is 0.0379. The fourth-order valence-electron chi connectivity index (χ4n) is 6.67. The molecule has 0 amide bonds. The number of allylic oxidation sites excluding steroid dienone is 14. The van der Waals surface area contributed by atoms with Gasteiger partial charge in [-0.2, -0.15) is 0 Å². The fraction of sp³-hybridized carbons (Fsp3) is 0.717. The van der Waals surface area contributed by atoms with Gasteiger partial charge in [0.15, 0.2) is 0 Å². The highest BCUT2D eigenvalue weighted by Crippen LogP contribution is 2.15. The van der Waals surface area contributed by atoms with E-state index in [1.54, 1.807) is 0 Å². The van der Waals surface area contributed by atoms with Crippen LogP contribution in [0.25, 0.3) is 0 Å². The van der Waals surface area contributed by atoms with Crippen LogP contribution in [0.3, 0.4) is 0 Å². The summed E-state index contributed by atoms with van der Waals surface area (Å²) in [6, 6.07) is 0. The average Bonchev–Trinajstić information content (AvgIpc) is 3.22. The molecule has 1 N–H and O–H groups in total. The predicted octanol–water partition coefficient (Wildman–Crippen LogP) is 16.3. The van der Waals surface area contributed by atoms with Gasteiger partial charge in [-0.15, -0.1) is 0 Å².